The predicted molar refractivity (Wildman–Crippen MR) is 121 cm³/mol. The van der Waals surface area contributed by atoms with Crippen molar-refractivity contribution in [2.75, 3.05) is 5.32 Å². The number of esters is 1. The minimum absolute atomic E-state index is 0.289. The Morgan fingerprint density at radius 1 is 0.839 bits per heavy atom. The molecule has 4 heteroatoms. The van der Waals surface area contributed by atoms with Crippen LogP contribution in [0.1, 0.15) is 40.9 Å². The Bertz CT molecular complexity index is 1370. The Kier molecular flexibility index (Phi) is 3.69. The summed E-state index contributed by atoms with van der Waals surface area (Å²) in [5, 5.41) is 5.52. The quantitative estimate of drug-likeness (QED) is 0.400. The molecule has 0 saturated carbocycles. The highest BCUT2D eigenvalue weighted by molar-refractivity contribution is 6.00. The fourth-order valence-electron chi connectivity index (χ4n) is 4.88. The first kappa shape index (κ1) is 18.0. The lowest BCUT2D eigenvalue weighted by Crippen LogP contribution is -2.33. The molecule has 1 spiro atoms. The van der Waals surface area contributed by atoms with Crippen LogP contribution in [0.5, 0.6) is 11.5 Å². The normalized spacial score (nSPS) is 18.4. The van der Waals surface area contributed by atoms with Gasteiger partial charge in [0.15, 0.2) is 5.60 Å². The zero-order valence-corrected chi connectivity index (χ0v) is 17.3. The van der Waals surface area contributed by atoms with Gasteiger partial charge in [-0.1, -0.05) is 48.5 Å². The second-order valence-electron chi connectivity index (χ2n) is 8.39. The molecule has 2 aliphatic rings. The average molecular weight is 407 g/mol. The Hall–Kier alpha value is -3.79. The Labute approximate surface area is 180 Å². The van der Waals surface area contributed by atoms with Gasteiger partial charge >= 0.3 is 5.97 Å². The van der Waals surface area contributed by atoms with E-state index in [1.165, 1.54) is 0 Å². The van der Waals surface area contributed by atoms with Crippen molar-refractivity contribution >= 4 is 22.4 Å². The molecule has 0 aliphatic carbocycles. The van der Waals surface area contributed by atoms with E-state index in [0.717, 1.165) is 33.2 Å². The maximum atomic E-state index is 13.0. The summed E-state index contributed by atoms with van der Waals surface area (Å²) < 4.78 is 12.7. The van der Waals surface area contributed by atoms with Gasteiger partial charge in [-0.3, -0.25) is 0 Å². The minimum Gasteiger partial charge on any atom is -0.456 e. The summed E-state index contributed by atoms with van der Waals surface area (Å²) in [6.07, 6.45) is 0. The molecule has 0 aromatic heterocycles. The smallest absolute Gasteiger partial charge is 0.340 e. The third-order valence-electron chi connectivity index (χ3n) is 6.05. The molecule has 2 aliphatic heterocycles. The minimum atomic E-state index is -1.05. The summed E-state index contributed by atoms with van der Waals surface area (Å²) in [4.78, 5) is 13.0. The first-order valence-corrected chi connectivity index (χ1v) is 10.5. The molecular weight excluding hydrogens is 386 g/mol. The number of nitrogens with one attached hydrogen (secondary N) is 1. The number of hydrogen-bond donors (Lipinski definition) is 1. The molecule has 31 heavy (non-hydrogen) atoms. The van der Waals surface area contributed by atoms with Crippen LogP contribution in [0.4, 0.5) is 5.69 Å². The molecule has 0 amide bonds. The second-order valence-corrected chi connectivity index (χ2v) is 8.39. The van der Waals surface area contributed by atoms with Crippen LogP contribution < -0.4 is 10.1 Å². The summed E-state index contributed by atoms with van der Waals surface area (Å²) in [6.45, 7) is 4.19. The van der Waals surface area contributed by atoms with Crippen molar-refractivity contribution in [3.05, 3.63) is 101 Å². The molecule has 4 aromatic carbocycles. The molecule has 6 rings (SSSR count). The van der Waals surface area contributed by atoms with Crippen LogP contribution in [-0.4, -0.2) is 12.0 Å². The third-order valence-corrected chi connectivity index (χ3v) is 6.05. The highest BCUT2D eigenvalue weighted by Crippen LogP contribution is 2.58. The van der Waals surface area contributed by atoms with E-state index in [2.05, 4.69) is 31.3 Å². The number of anilines is 1. The van der Waals surface area contributed by atoms with Gasteiger partial charge in [0.25, 0.3) is 0 Å². The maximum Gasteiger partial charge on any atom is 0.340 e. The SMILES string of the molecule is CC(C)Nc1ccc2c(c1)Oc1ccc3ccccc3c1C21OC(=O)c2ccccc21. The van der Waals surface area contributed by atoms with Gasteiger partial charge in [-0.05, 0) is 48.9 Å². The predicted octanol–water partition coefficient (Wildman–Crippen LogP) is 6.23. The van der Waals surface area contributed by atoms with E-state index < -0.39 is 5.60 Å². The summed E-state index contributed by atoms with van der Waals surface area (Å²) in [6, 6.07) is 26.1. The van der Waals surface area contributed by atoms with Crippen LogP contribution in [0.2, 0.25) is 0 Å². The lowest BCUT2D eigenvalue weighted by molar-refractivity contribution is 0.0229. The van der Waals surface area contributed by atoms with Crippen LogP contribution >= 0.6 is 0 Å². The van der Waals surface area contributed by atoms with E-state index in [9.17, 15) is 4.79 Å². The van der Waals surface area contributed by atoms with Crippen LogP contribution in [0.3, 0.4) is 0 Å². The van der Waals surface area contributed by atoms with Crippen LogP contribution in [0.15, 0.2) is 78.9 Å². The van der Waals surface area contributed by atoms with Gasteiger partial charge in [0, 0.05) is 28.9 Å². The summed E-state index contributed by atoms with van der Waals surface area (Å²) >= 11 is 0. The van der Waals surface area contributed by atoms with Crippen molar-refractivity contribution in [2.45, 2.75) is 25.5 Å². The molecule has 4 nitrogen and oxygen atoms in total. The van der Waals surface area contributed by atoms with E-state index in [1.54, 1.807) is 0 Å². The number of hydrogen-bond acceptors (Lipinski definition) is 4. The van der Waals surface area contributed by atoms with Gasteiger partial charge in [0.05, 0.1) is 11.1 Å². The number of fused-ring (bicyclic) bond motifs is 8. The number of benzene rings is 4. The summed E-state index contributed by atoms with van der Waals surface area (Å²) in [5.74, 6) is 1.09. The summed E-state index contributed by atoms with van der Waals surface area (Å²) in [5.41, 5.74) is 3.08. The molecule has 1 atom stereocenters. The zero-order valence-electron chi connectivity index (χ0n) is 17.3. The van der Waals surface area contributed by atoms with Crippen molar-refractivity contribution in [1.82, 2.24) is 0 Å². The van der Waals surface area contributed by atoms with Gasteiger partial charge in [-0.15, -0.1) is 0 Å². The van der Waals surface area contributed by atoms with Crippen molar-refractivity contribution < 1.29 is 14.3 Å². The fourth-order valence-corrected chi connectivity index (χ4v) is 4.88. The van der Waals surface area contributed by atoms with Crippen LogP contribution in [-0.2, 0) is 10.3 Å². The molecule has 2 heterocycles. The molecule has 4 aromatic rings. The molecule has 152 valence electrons. The first-order valence-electron chi connectivity index (χ1n) is 10.5. The van der Waals surface area contributed by atoms with Crippen molar-refractivity contribution in [1.29, 1.82) is 0 Å². The van der Waals surface area contributed by atoms with E-state index in [-0.39, 0.29) is 12.0 Å². The fraction of sp³-hybridized carbons (Fsp3) is 0.148. The highest BCUT2D eigenvalue weighted by Gasteiger charge is 2.54. The van der Waals surface area contributed by atoms with Gasteiger partial charge in [-0.2, -0.15) is 0 Å². The van der Waals surface area contributed by atoms with Crippen LogP contribution in [0, 0.1) is 0 Å². The largest absolute Gasteiger partial charge is 0.456 e. The molecule has 0 radical (unpaired) electrons. The van der Waals surface area contributed by atoms with Crippen LogP contribution in [0.25, 0.3) is 10.8 Å². The highest BCUT2D eigenvalue weighted by atomic mass is 16.6. The lowest BCUT2D eigenvalue weighted by atomic mass is 9.76. The number of carbonyl (C=O) groups is 1. The Morgan fingerprint density at radius 3 is 2.52 bits per heavy atom. The van der Waals surface area contributed by atoms with Gasteiger partial charge in [0.1, 0.15) is 11.5 Å². The molecule has 0 saturated heterocycles. The van der Waals surface area contributed by atoms with Crippen molar-refractivity contribution in [3.8, 4) is 11.5 Å². The lowest BCUT2D eigenvalue weighted by Gasteiger charge is -2.37. The van der Waals surface area contributed by atoms with E-state index in [0.29, 0.717) is 17.1 Å². The van der Waals surface area contributed by atoms with Gasteiger partial charge in [-0.25, -0.2) is 4.79 Å². The Morgan fingerprint density at radius 2 is 1.65 bits per heavy atom. The van der Waals surface area contributed by atoms with Gasteiger partial charge in [0.2, 0.25) is 0 Å². The monoisotopic (exact) mass is 407 g/mol. The molecule has 1 N–H and O–H groups in total. The zero-order chi connectivity index (χ0) is 21.2. The van der Waals surface area contributed by atoms with E-state index >= 15 is 0 Å². The summed E-state index contributed by atoms with van der Waals surface area (Å²) in [7, 11) is 0. The first-order chi connectivity index (χ1) is 15.1. The molecule has 1 unspecified atom stereocenters. The van der Waals surface area contributed by atoms with E-state index in [4.69, 9.17) is 9.47 Å². The topological polar surface area (TPSA) is 47.6 Å². The molecule has 0 fully saturated rings. The third kappa shape index (κ3) is 2.45. The van der Waals surface area contributed by atoms with Crippen molar-refractivity contribution in [2.24, 2.45) is 0 Å². The maximum absolute atomic E-state index is 13.0. The number of ether oxygens (including phenoxy) is 2. The number of carbonyl (C=O) groups excluding carboxylic acids is 1. The van der Waals surface area contributed by atoms with Gasteiger partial charge < -0.3 is 14.8 Å². The van der Waals surface area contributed by atoms with E-state index in [1.807, 2.05) is 66.7 Å². The van der Waals surface area contributed by atoms with Crippen molar-refractivity contribution in [3.63, 3.8) is 0 Å². The molecular formula is C27H21NO3. The average Bonchev–Trinajstić information content (AvgIpc) is 3.06. The Balaban J connectivity index is 1.71. The number of rotatable bonds is 2. The molecule has 0 bridgehead atoms. The standard InChI is InChI=1S/C27H21NO3/c1-16(2)28-18-12-13-22-24(15-18)30-23-14-11-17-7-3-4-8-19(17)25(23)27(22)21-10-6-5-9-20(21)26(29)31-27/h3-16,28H,1-2H3. The second kappa shape index (κ2) is 6.35.